The Morgan fingerprint density at radius 2 is 2.10 bits per heavy atom. The van der Waals surface area contributed by atoms with E-state index in [0.29, 0.717) is 5.56 Å². The third-order valence-electron chi connectivity index (χ3n) is 3.27. The fourth-order valence-corrected chi connectivity index (χ4v) is 5.99. The van der Waals surface area contributed by atoms with Crippen LogP contribution < -0.4 is 0 Å². The molecular formula is C14H18FNO2SSi. The summed E-state index contributed by atoms with van der Waals surface area (Å²) >= 11 is 1.34. The second-order valence-corrected chi connectivity index (χ2v) is 9.62. The number of halogens is 1. The fraction of sp³-hybridized carbons (Fsp3) is 0.429. The zero-order valence-electron chi connectivity index (χ0n) is 11.8. The second kappa shape index (κ2) is 5.79. The van der Waals surface area contributed by atoms with E-state index in [1.54, 1.807) is 26.0 Å². The zero-order chi connectivity index (χ0) is 14.9. The molecule has 0 spiro atoms. The van der Waals surface area contributed by atoms with Crippen LogP contribution in [0.4, 0.5) is 4.39 Å². The van der Waals surface area contributed by atoms with Crippen molar-refractivity contribution in [1.82, 2.24) is 0 Å². The van der Waals surface area contributed by atoms with Gasteiger partial charge in [0, 0.05) is 0 Å². The Bertz CT molecular complexity index is 556. The van der Waals surface area contributed by atoms with E-state index in [0.717, 1.165) is 4.67 Å². The SMILES string of the molecule is C[C@H]([SiH2]C1=NC(=O)C(C(C)(C)O)S1)c1ccccc1F. The molecule has 20 heavy (non-hydrogen) atoms. The van der Waals surface area contributed by atoms with Crippen molar-refractivity contribution in [2.24, 2.45) is 4.99 Å². The average molecular weight is 311 g/mol. The second-order valence-electron chi connectivity index (χ2n) is 5.62. The maximum Gasteiger partial charge on any atom is 0.262 e. The predicted octanol–water partition coefficient (Wildman–Crippen LogP) is 1.82. The molecule has 1 aliphatic rings. The highest BCUT2D eigenvalue weighted by atomic mass is 32.2. The lowest BCUT2D eigenvalue weighted by molar-refractivity contribution is -0.120. The third kappa shape index (κ3) is 3.37. The molecule has 1 unspecified atom stereocenters. The van der Waals surface area contributed by atoms with Crippen molar-refractivity contribution in [3.8, 4) is 0 Å². The van der Waals surface area contributed by atoms with Gasteiger partial charge in [-0.05, 0) is 31.0 Å². The van der Waals surface area contributed by atoms with Crippen molar-refractivity contribution in [1.29, 1.82) is 0 Å². The van der Waals surface area contributed by atoms with E-state index in [9.17, 15) is 14.3 Å². The van der Waals surface area contributed by atoms with E-state index in [2.05, 4.69) is 4.99 Å². The highest BCUT2D eigenvalue weighted by molar-refractivity contribution is 8.18. The van der Waals surface area contributed by atoms with Crippen LogP contribution in [0.1, 0.15) is 31.9 Å². The van der Waals surface area contributed by atoms with Gasteiger partial charge in [-0.1, -0.05) is 36.9 Å². The summed E-state index contributed by atoms with van der Waals surface area (Å²) in [7, 11) is -0.888. The molecule has 2 rings (SSSR count). The number of carbonyl (C=O) groups excluding carboxylic acids is 1. The number of hydrogen-bond donors (Lipinski definition) is 1. The summed E-state index contributed by atoms with van der Waals surface area (Å²) in [6.45, 7) is 5.20. The number of hydrogen-bond acceptors (Lipinski definition) is 3. The topological polar surface area (TPSA) is 49.7 Å². The minimum absolute atomic E-state index is 0.0794. The molecule has 1 aromatic carbocycles. The Morgan fingerprint density at radius 3 is 2.65 bits per heavy atom. The molecule has 108 valence electrons. The van der Waals surface area contributed by atoms with Gasteiger partial charge in [0.15, 0.2) is 0 Å². The molecule has 0 radical (unpaired) electrons. The van der Waals surface area contributed by atoms with Gasteiger partial charge in [0.05, 0.1) is 19.8 Å². The minimum atomic E-state index is -1.08. The molecule has 6 heteroatoms. The third-order valence-corrected chi connectivity index (χ3v) is 7.21. The lowest BCUT2D eigenvalue weighted by Crippen LogP contribution is -2.37. The van der Waals surface area contributed by atoms with E-state index >= 15 is 0 Å². The molecule has 0 bridgehead atoms. The van der Waals surface area contributed by atoms with Crippen molar-refractivity contribution < 1.29 is 14.3 Å². The van der Waals surface area contributed by atoms with Crippen LogP contribution in [-0.2, 0) is 4.79 Å². The van der Waals surface area contributed by atoms with Crippen molar-refractivity contribution in [3.05, 3.63) is 35.6 Å². The Hall–Kier alpha value is -0.983. The summed E-state index contributed by atoms with van der Waals surface area (Å²) in [5.41, 5.74) is -0.319. The Kier molecular flexibility index (Phi) is 4.46. The molecule has 1 heterocycles. The van der Waals surface area contributed by atoms with Gasteiger partial charge in [0.1, 0.15) is 11.1 Å². The highest BCUT2D eigenvalue weighted by Crippen LogP contribution is 2.32. The van der Waals surface area contributed by atoms with Crippen LogP contribution in [0.15, 0.2) is 29.3 Å². The predicted molar refractivity (Wildman–Crippen MR) is 83.5 cm³/mol. The molecule has 0 fully saturated rings. The molecule has 0 saturated carbocycles. The summed E-state index contributed by atoms with van der Waals surface area (Å²) in [4.78, 5) is 15.8. The lowest BCUT2D eigenvalue weighted by Gasteiger charge is -2.22. The molecule has 0 aliphatic carbocycles. The largest absolute Gasteiger partial charge is 0.389 e. The van der Waals surface area contributed by atoms with Crippen LogP contribution in [-0.4, -0.2) is 36.1 Å². The van der Waals surface area contributed by atoms with E-state index in [-0.39, 0.29) is 17.3 Å². The maximum atomic E-state index is 13.7. The first-order valence-electron chi connectivity index (χ1n) is 6.54. The average Bonchev–Trinajstić information content (AvgIpc) is 2.70. The van der Waals surface area contributed by atoms with Gasteiger partial charge < -0.3 is 5.11 Å². The van der Waals surface area contributed by atoms with Crippen LogP contribution in [0.3, 0.4) is 0 Å². The first-order valence-corrected chi connectivity index (χ1v) is 8.94. The lowest BCUT2D eigenvalue weighted by atomic mass is 10.1. The van der Waals surface area contributed by atoms with E-state index in [4.69, 9.17) is 0 Å². The zero-order valence-corrected chi connectivity index (χ0v) is 14.0. The van der Waals surface area contributed by atoms with Gasteiger partial charge in [-0.2, -0.15) is 0 Å². The van der Waals surface area contributed by atoms with Crippen molar-refractivity contribution in [2.75, 3.05) is 0 Å². The summed E-state index contributed by atoms with van der Waals surface area (Å²) < 4.78 is 14.5. The summed E-state index contributed by atoms with van der Waals surface area (Å²) in [5.74, 6) is -0.479. The Labute approximate surface area is 124 Å². The van der Waals surface area contributed by atoms with E-state index in [1.165, 1.54) is 17.8 Å². The molecule has 0 aromatic heterocycles. The number of aliphatic imine (C=N–C) groups is 1. The monoisotopic (exact) mass is 311 g/mol. The van der Waals surface area contributed by atoms with Gasteiger partial charge in [-0.25, -0.2) is 9.38 Å². The quantitative estimate of drug-likeness (QED) is 0.863. The van der Waals surface area contributed by atoms with Crippen LogP contribution in [0.2, 0.25) is 0 Å². The minimum Gasteiger partial charge on any atom is -0.389 e. The van der Waals surface area contributed by atoms with Crippen LogP contribution in [0.5, 0.6) is 0 Å². The van der Waals surface area contributed by atoms with Gasteiger partial charge in [0.2, 0.25) is 0 Å². The van der Waals surface area contributed by atoms with Gasteiger partial charge in [-0.3, -0.25) is 4.79 Å². The smallest absolute Gasteiger partial charge is 0.262 e. The van der Waals surface area contributed by atoms with E-state index < -0.39 is 20.4 Å². The first kappa shape index (κ1) is 15.4. The molecule has 3 nitrogen and oxygen atoms in total. The molecule has 0 saturated heterocycles. The Balaban J connectivity index is 2.07. The van der Waals surface area contributed by atoms with Crippen LogP contribution >= 0.6 is 11.8 Å². The summed E-state index contributed by atoms with van der Waals surface area (Å²) in [6, 6.07) is 6.72. The van der Waals surface area contributed by atoms with Crippen molar-refractivity contribution >= 4 is 31.9 Å². The fourth-order valence-electron chi connectivity index (χ4n) is 2.18. The van der Waals surface area contributed by atoms with Crippen molar-refractivity contribution in [3.63, 3.8) is 0 Å². The maximum absolute atomic E-state index is 13.7. The number of aliphatic hydroxyl groups is 1. The highest BCUT2D eigenvalue weighted by Gasteiger charge is 2.39. The van der Waals surface area contributed by atoms with Crippen molar-refractivity contribution in [2.45, 2.75) is 37.2 Å². The van der Waals surface area contributed by atoms with Crippen LogP contribution in [0, 0.1) is 5.82 Å². The van der Waals surface area contributed by atoms with Gasteiger partial charge in [0.25, 0.3) is 5.91 Å². The summed E-state index contributed by atoms with van der Waals surface area (Å²) in [6.07, 6.45) is 0. The molecule has 1 aliphatic heterocycles. The first-order chi connectivity index (χ1) is 9.29. The number of carbonyl (C=O) groups is 1. The van der Waals surface area contributed by atoms with E-state index in [1.807, 2.05) is 13.0 Å². The standard InChI is InChI=1S/C14H18FNO2SSi/c1-8(9-6-4-5-7-10(9)15)20-13-16-12(17)11(19-13)14(2,3)18/h4-8,11,18H,20H2,1-3H3/t8-,11?/m0/s1. The molecule has 2 atom stereocenters. The molecular weight excluding hydrogens is 293 g/mol. The molecule has 1 N–H and O–H groups in total. The molecule has 1 amide bonds. The number of rotatable bonds is 4. The number of benzene rings is 1. The number of amides is 1. The molecule has 1 aromatic rings. The van der Waals surface area contributed by atoms with Crippen LogP contribution in [0.25, 0.3) is 0 Å². The normalized spacial score (nSPS) is 21.6. The van der Waals surface area contributed by atoms with Gasteiger partial charge >= 0.3 is 0 Å². The number of thioether (sulfide) groups is 1. The summed E-state index contributed by atoms with van der Waals surface area (Å²) in [5, 5.41) is 9.41. The number of nitrogens with zero attached hydrogens (tertiary/aromatic N) is 1. The Morgan fingerprint density at radius 1 is 1.45 bits per heavy atom. The van der Waals surface area contributed by atoms with Gasteiger partial charge in [-0.15, -0.1) is 0 Å².